The van der Waals surface area contributed by atoms with E-state index < -0.39 is 0 Å². The molecule has 1 aromatic carbocycles. The second-order valence-corrected chi connectivity index (χ2v) is 4.37. The van der Waals surface area contributed by atoms with E-state index in [0.717, 1.165) is 30.6 Å². The van der Waals surface area contributed by atoms with Crippen LogP contribution in [0.2, 0.25) is 0 Å². The van der Waals surface area contributed by atoms with Crippen molar-refractivity contribution in [3.05, 3.63) is 29.8 Å². The predicted molar refractivity (Wildman–Crippen MR) is 68.4 cm³/mol. The number of Topliss-reactive ketones (excluding diaryl/α,β-unsaturated/α-hetero) is 1. The van der Waals surface area contributed by atoms with Crippen LogP contribution in [0.15, 0.2) is 24.3 Å². The van der Waals surface area contributed by atoms with E-state index in [-0.39, 0.29) is 18.3 Å². The summed E-state index contributed by atoms with van der Waals surface area (Å²) >= 11 is 0. The molecule has 0 bridgehead atoms. The zero-order valence-corrected chi connectivity index (χ0v) is 10.2. The fourth-order valence-corrected chi connectivity index (χ4v) is 2.22. The highest BCUT2D eigenvalue weighted by atomic mass is 16.5. The van der Waals surface area contributed by atoms with Crippen LogP contribution in [0.4, 0.5) is 5.69 Å². The first-order chi connectivity index (χ1) is 8.33. The molecule has 3 nitrogen and oxygen atoms in total. The molecule has 1 aliphatic heterocycles. The minimum absolute atomic E-state index is 0.00399. The second-order valence-electron chi connectivity index (χ2n) is 4.37. The van der Waals surface area contributed by atoms with Gasteiger partial charge in [-0.3, -0.25) is 4.79 Å². The lowest BCUT2D eigenvalue weighted by atomic mass is 9.88. The number of ketones is 1. The van der Waals surface area contributed by atoms with E-state index in [1.165, 1.54) is 0 Å². The van der Waals surface area contributed by atoms with Crippen LogP contribution in [-0.4, -0.2) is 25.5 Å². The lowest BCUT2D eigenvalue weighted by Gasteiger charge is -2.25. The Morgan fingerprint density at radius 1 is 1.47 bits per heavy atom. The summed E-state index contributed by atoms with van der Waals surface area (Å²) in [6, 6.07) is 8.04. The van der Waals surface area contributed by atoms with Crippen LogP contribution >= 0.6 is 0 Å². The van der Waals surface area contributed by atoms with Gasteiger partial charge in [-0.1, -0.05) is 25.1 Å². The number of nitrogens with one attached hydrogen (secondary N) is 1. The summed E-state index contributed by atoms with van der Waals surface area (Å²) in [4.78, 5) is 12.1. The maximum absolute atomic E-state index is 12.1. The summed E-state index contributed by atoms with van der Waals surface area (Å²) in [6.07, 6.45) is 1.82. The first-order valence-corrected chi connectivity index (χ1v) is 6.26. The number of hydrogen-bond donors (Lipinski definition) is 1. The largest absolute Gasteiger partial charge is 0.385 e. The van der Waals surface area contributed by atoms with Crippen molar-refractivity contribution in [1.29, 1.82) is 0 Å². The van der Waals surface area contributed by atoms with E-state index in [1.807, 2.05) is 31.2 Å². The lowest BCUT2D eigenvalue weighted by molar-refractivity contribution is -0.125. The van der Waals surface area contributed by atoms with Gasteiger partial charge in [-0.15, -0.1) is 0 Å². The number of anilines is 1. The second kappa shape index (κ2) is 5.82. The van der Waals surface area contributed by atoms with Crippen molar-refractivity contribution < 1.29 is 9.53 Å². The number of benzene rings is 1. The summed E-state index contributed by atoms with van der Waals surface area (Å²) in [7, 11) is 0. The molecule has 2 rings (SSSR count). The Bertz CT molecular complexity index is 390. The Morgan fingerprint density at radius 3 is 3.12 bits per heavy atom. The monoisotopic (exact) mass is 233 g/mol. The molecule has 3 heteroatoms. The molecule has 17 heavy (non-hydrogen) atoms. The van der Waals surface area contributed by atoms with E-state index in [2.05, 4.69) is 5.32 Å². The van der Waals surface area contributed by atoms with E-state index in [4.69, 9.17) is 4.74 Å². The van der Waals surface area contributed by atoms with Gasteiger partial charge in [0, 0.05) is 24.8 Å². The van der Waals surface area contributed by atoms with Crippen molar-refractivity contribution in [3.8, 4) is 0 Å². The summed E-state index contributed by atoms with van der Waals surface area (Å²) in [5, 5.41) is 3.32. The van der Waals surface area contributed by atoms with Gasteiger partial charge in [-0.25, -0.2) is 0 Å². The number of rotatable bonds is 5. The van der Waals surface area contributed by atoms with Crippen LogP contribution in [0.25, 0.3) is 0 Å². The maximum Gasteiger partial charge on any atom is 0.166 e. The van der Waals surface area contributed by atoms with E-state index in [1.54, 1.807) is 0 Å². The highest BCUT2D eigenvalue weighted by molar-refractivity contribution is 5.89. The first kappa shape index (κ1) is 12.1. The Kier molecular flexibility index (Phi) is 4.15. The van der Waals surface area contributed by atoms with Crippen LogP contribution in [-0.2, 0) is 9.53 Å². The molecule has 0 aliphatic carbocycles. The molecule has 0 fully saturated rings. The SMILES string of the molecule is CCCOCC(=O)C1CCNc2ccccc21. The number of carbonyl (C=O) groups excluding carboxylic acids is 1. The maximum atomic E-state index is 12.1. The zero-order chi connectivity index (χ0) is 12.1. The zero-order valence-electron chi connectivity index (χ0n) is 10.2. The van der Waals surface area contributed by atoms with Gasteiger partial charge in [-0.2, -0.15) is 0 Å². The van der Waals surface area contributed by atoms with Crippen molar-refractivity contribution in [2.75, 3.05) is 25.1 Å². The van der Waals surface area contributed by atoms with E-state index >= 15 is 0 Å². The van der Waals surface area contributed by atoms with Gasteiger partial charge in [-0.05, 0) is 24.5 Å². The van der Waals surface area contributed by atoms with E-state index in [0.29, 0.717) is 6.61 Å². The molecule has 0 spiro atoms. The fraction of sp³-hybridized carbons (Fsp3) is 0.500. The molecular weight excluding hydrogens is 214 g/mol. The Hall–Kier alpha value is -1.35. The quantitative estimate of drug-likeness (QED) is 0.794. The predicted octanol–water partition coefficient (Wildman–Crippen LogP) is 2.58. The average molecular weight is 233 g/mol. The molecule has 0 amide bonds. The number of ether oxygens (including phenoxy) is 1. The molecule has 1 unspecified atom stereocenters. The van der Waals surface area contributed by atoms with Crippen LogP contribution in [0.3, 0.4) is 0 Å². The molecule has 0 saturated heterocycles. The third-order valence-corrected chi connectivity index (χ3v) is 3.07. The molecule has 1 aromatic rings. The van der Waals surface area contributed by atoms with Crippen molar-refractivity contribution in [2.24, 2.45) is 0 Å². The summed E-state index contributed by atoms with van der Waals surface area (Å²) in [6.45, 7) is 3.82. The van der Waals surface area contributed by atoms with E-state index in [9.17, 15) is 4.79 Å². The fourth-order valence-electron chi connectivity index (χ4n) is 2.22. The van der Waals surface area contributed by atoms with Crippen molar-refractivity contribution in [2.45, 2.75) is 25.7 Å². The van der Waals surface area contributed by atoms with Crippen LogP contribution in [0.1, 0.15) is 31.2 Å². The molecular formula is C14H19NO2. The van der Waals surface area contributed by atoms with Crippen LogP contribution in [0, 0.1) is 0 Å². The molecule has 0 radical (unpaired) electrons. The molecule has 0 saturated carbocycles. The summed E-state index contributed by atoms with van der Waals surface area (Å²) in [5.74, 6) is 0.205. The van der Waals surface area contributed by atoms with Crippen LogP contribution < -0.4 is 5.32 Å². The normalized spacial score (nSPS) is 18.3. The van der Waals surface area contributed by atoms with Gasteiger partial charge in [0.25, 0.3) is 0 Å². The van der Waals surface area contributed by atoms with Gasteiger partial charge < -0.3 is 10.1 Å². The van der Waals surface area contributed by atoms with Crippen molar-refractivity contribution in [3.63, 3.8) is 0 Å². The molecule has 1 atom stereocenters. The molecule has 1 heterocycles. The van der Waals surface area contributed by atoms with Gasteiger partial charge in [0.05, 0.1) is 0 Å². The van der Waals surface area contributed by atoms with Gasteiger partial charge in [0.15, 0.2) is 5.78 Å². The topological polar surface area (TPSA) is 38.3 Å². The summed E-state index contributed by atoms with van der Waals surface area (Å²) in [5.41, 5.74) is 2.21. The Balaban J connectivity index is 2.05. The number of fused-ring (bicyclic) bond motifs is 1. The lowest BCUT2D eigenvalue weighted by Crippen LogP contribution is -2.25. The number of carbonyl (C=O) groups is 1. The average Bonchev–Trinajstić information content (AvgIpc) is 2.38. The van der Waals surface area contributed by atoms with Crippen molar-refractivity contribution >= 4 is 11.5 Å². The van der Waals surface area contributed by atoms with Crippen molar-refractivity contribution in [1.82, 2.24) is 0 Å². The van der Waals surface area contributed by atoms with Gasteiger partial charge in [0.1, 0.15) is 6.61 Å². The third-order valence-electron chi connectivity index (χ3n) is 3.07. The Morgan fingerprint density at radius 2 is 2.29 bits per heavy atom. The summed E-state index contributed by atoms with van der Waals surface area (Å²) < 4.78 is 5.34. The molecule has 1 N–H and O–H groups in total. The highest BCUT2D eigenvalue weighted by Gasteiger charge is 2.25. The molecule has 92 valence electrons. The van der Waals surface area contributed by atoms with Crippen LogP contribution in [0.5, 0.6) is 0 Å². The minimum Gasteiger partial charge on any atom is -0.385 e. The van der Waals surface area contributed by atoms with Gasteiger partial charge in [0.2, 0.25) is 0 Å². The van der Waals surface area contributed by atoms with Gasteiger partial charge >= 0.3 is 0 Å². The standard InChI is InChI=1S/C14H19NO2/c1-2-9-17-10-14(16)12-7-8-15-13-6-4-3-5-11(12)13/h3-6,12,15H,2,7-10H2,1H3. The molecule has 1 aliphatic rings. The minimum atomic E-state index is 0.00399. The first-order valence-electron chi connectivity index (χ1n) is 6.26. The molecule has 0 aromatic heterocycles. The highest BCUT2D eigenvalue weighted by Crippen LogP contribution is 2.31. The number of para-hydroxylation sites is 1. The smallest absolute Gasteiger partial charge is 0.166 e. The number of hydrogen-bond acceptors (Lipinski definition) is 3. The Labute approximate surface area is 102 Å². The third kappa shape index (κ3) is 2.86.